The highest BCUT2D eigenvalue weighted by Crippen LogP contribution is 2.47. The number of fused-ring (bicyclic) bond motifs is 2. The molecular formula is C42H36O6S. The van der Waals surface area contributed by atoms with E-state index in [1.165, 1.54) is 4.91 Å². The van der Waals surface area contributed by atoms with Crippen LogP contribution >= 0.6 is 11.8 Å². The zero-order valence-electron chi connectivity index (χ0n) is 27.0. The average Bonchev–Trinajstić information content (AvgIpc) is 3.15. The summed E-state index contributed by atoms with van der Waals surface area (Å²) >= 11 is 1.72. The standard InChI is InChI=1S/C42H36O6S/c1-3-39(43)47-37(29-16-8-5-9-17-29)27-45-41-33-22-14-15-23-34(33)42(46-28-38(48-40(44)4-2)30-18-10-6-11-19-30)36-26-32(24-25-35(36)41)49-31-20-12-7-13-21-31/h3-24,37-38H,1-2,25-28H2. The fourth-order valence-corrected chi connectivity index (χ4v) is 6.80. The van der Waals surface area contributed by atoms with E-state index in [2.05, 4.69) is 31.4 Å². The Morgan fingerprint density at radius 2 is 1.08 bits per heavy atom. The quantitative estimate of drug-likeness (QED) is 0.0863. The maximum absolute atomic E-state index is 12.4. The van der Waals surface area contributed by atoms with Crippen molar-refractivity contribution in [1.82, 2.24) is 0 Å². The first-order chi connectivity index (χ1) is 24.0. The largest absolute Gasteiger partial charge is 0.488 e. The minimum absolute atomic E-state index is 0.0959. The Morgan fingerprint density at radius 3 is 1.57 bits per heavy atom. The maximum atomic E-state index is 12.4. The van der Waals surface area contributed by atoms with Gasteiger partial charge in [0.15, 0.2) is 12.2 Å². The lowest BCUT2D eigenvalue weighted by Gasteiger charge is -2.27. The third-order valence-corrected chi connectivity index (χ3v) is 9.24. The van der Waals surface area contributed by atoms with Crippen LogP contribution in [0.5, 0.6) is 11.5 Å². The Kier molecular flexibility index (Phi) is 10.9. The van der Waals surface area contributed by atoms with Crippen LogP contribution in [-0.4, -0.2) is 25.2 Å². The molecule has 0 aliphatic heterocycles. The van der Waals surface area contributed by atoms with E-state index in [4.69, 9.17) is 18.9 Å². The van der Waals surface area contributed by atoms with Gasteiger partial charge in [-0.25, -0.2) is 9.59 Å². The van der Waals surface area contributed by atoms with Crippen LogP contribution in [0.25, 0.3) is 10.8 Å². The van der Waals surface area contributed by atoms with Gasteiger partial charge in [-0.1, -0.05) is 134 Å². The van der Waals surface area contributed by atoms with E-state index in [1.807, 2.05) is 103 Å². The molecule has 5 aromatic rings. The Balaban J connectivity index is 1.40. The zero-order valence-corrected chi connectivity index (χ0v) is 27.8. The average molecular weight is 669 g/mol. The lowest BCUT2D eigenvalue weighted by atomic mass is 9.90. The molecule has 0 N–H and O–H groups in total. The van der Waals surface area contributed by atoms with Crippen LogP contribution in [0.3, 0.4) is 0 Å². The van der Waals surface area contributed by atoms with E-state index in [-0.39, 0.29) is 13.2 Å². The van der Waals surface area contributed by atoms with Crippen LogP contribution in [0.2, 0.25) is 0 Å². The number of allylic oxidation sites excluding steroid dienone is 2. The van der Waals surface area contributed by atoms with Crippen LogP contribution in [0.4, 0.5) is 0 Å². The number of rotatable bonds is 14. The van der Waals surface area contributed by atoms with Crippen molar-refractivity contribution in [3.8, 4) is 11.5 Å². The molecular weight excluding hydrogens is 633 g/mol. The molecule has 6 nitrogen and oxygen atoms in total. The first kappa shape index (κ1) is 33.4. The number of carbonyl (C=O) groups is 2. The highest BCUT2D eigenvalue weighted by Gasteiger charge is 2.27. The van der Waals surface area contributed by atoms with Gasteiger partial charge in [-0.3, -0.25) is 0 Å². The van der Waals surface area contributed by atoms with Crippen molar-refractivity contribution in [2.45, 2.75) is 29.9 Å². The third kappa shape index (κ3) is 8.13. The van der Waals surface area contributed by atoms with E-state index < -0.39 is 24.1 Å². The molecule has 0 radical (unpaired) electrons. The van der Waals surface area contributed by atoms with Gasteiger partial charge in [0.1, 0.15) is 24.7 Å². The molecule has 2 atom stereocenters. The summed E-state index contributed by atoms with van der Waals surface area (Å²) in [4.78, 5) is 27.0. The number of hydrogen-bond acceptors (Lipinski definition) is 7. The van der Waals surface area contributed by atoms with Gasteiger partial charge in [0, 0.05) is 45.4 Å². The van der Waals surface area contributed by atoms with Crippen molar-refractivity contribution < 1.29 is 28.5 Å². The molecule has 1 aliphatic rings. The number of benzene rings is 5. The number of hydrogen-bond donors (Lipinski definition) is 0. The summed E-state index contributed by atoms with van der Waals surface area (Å²) < 4.78 is 24.9. The first-order valence-electron chi connectivity index (χ1n) is 16.0. The highest BCUT2D eigenvalue weighted by atomic mass is 32.2. The fourth-order valence-electron chi connectivity index (χ4n) is 5.82. The smallest absolute Gasteiger partial charge is 0.330 e. The number of ether oxygens (including phenoxy) is 4. The summed E-state index contributed by atoms with van der Waals surface area (Å²) in [6, 6.07) is 37.3. The first-order valence-corrected chi connectivity index (χ1v) is 16.9. The summed E-state index contributed by atoms with van der Waals surface area (Å²) in [5, 5.41) is 1.73. The van der Waals surface area contributed by atoms with Gasteiger partial charge in [-0.05, 0) is 34.6 Å². The minimum Gasteiger partial charge on any atom is -0.488 e. The molecule has 0 spiro atoms. The molecule has 7 heteroatoms. The molecule has 0 bridgehead atoms. The molecule has 5 aromatic carbocycles. The van der Waals surface area contributed by atoms with E-state index >= 15 is 0 Å². The Labute approximate surface area is 290 Å². The molecule has 0 aromatic heterocycles. The Hall–Kier alpha value is -5.53. The predicted molar refractivity (Wildman–Crippen MR) is 194 cm³/mol. The van der Waals surface area contributed by atoms with Gasteiger partial charge < -0.3 is 18.9 Å². The van der Waals surface area contributed by atoms with Gasteiger partial charge in [-0.15, -0.1) is 0 Å². The minimum atomic E-state index is -0.652. The summed E-state index contributed by atoms with van der Waals surface area (Å²) in [6.45, 7) is 7.34. The van der Waals surface area contributed by atoms with E-state index in [1.54, 1.807) is 11.8 Å². The van der Waals surface area contributed by atoms with Crippen molar-refractivity contribution in [2.24, 2.45) is 0 Å². The summed E-state index contributed by atoms with van der Waals surface area (Å²) in [7, 11) is 0. The number of thioether (sulfide) groups is 1. The van der Waals surface area contributed by atoms with E-state index in [0.717, 1.165) is 50.1 Å². The van der Waals surface area contributed by atoms with Crippen LogP contribution < -0.4 is 9.47 Å². The maximum Gasteiger partial charge on any atom is 0.330 e. The second-order valence-corrected chi connectivity index (χ2v) is 12.5. The van der Waals surface area contributed by atoms with E-state index in [0.29, 0.717) is 24.3 Å². The summed E-state index contributed by atoms with van der Waals surface area (Å²) in [6.07, 6.45) is 4.47. The van der Waals surface area contributed by atoms with Crippen molar-refractivity contribution in [1.29, 1.82) is 0 Å². The second-order valence-electron chi connectivity index (χ2n) is 11.3. The molecule has 49 heavy (non-hydrogen) atoms. The van der Waals surface area contributed by atoms with E-state index in [9.17, 15) is 9.59 Å². The SMILES string of the molecule is C=CC(=O)OC(COc1c2c(c(OCC(OC(=O)C=C)c3ccccc3)c3ccccc13)CC(Sc1ccccc1)=CC2)c1ccccc1. The highest BCUT2D eigenvalue weighted by molar-refractivity contribution is 8.03. The predicted octanol–water partition coefficient (Wildman–Crippen LogP) is 9.31. The lowest BCUT2D eigenvalue weighted by Crippen LogP contribution is -2.19. The van der Waals surface area contributed by atoms with Crippen molar-refractivity contribution in [3.05, 3.63) is 174 Å². The van der Waals surface area contributed by atoms with Crippen LogP contribution in [-0.2, 0) is 31.9 Å². The van der Waals surface area contributed by atoms with Gasteiger partial charge >= 0.3 is 11.9 Å². The Bertz CT molecular complexity index is 1970. The number of carbonyl (C=O) groups excluding carboxylic acids is 2. The summed E-state index contributed by atoms with van der Waals surface area (Å²) in [5.41, 5.74) is 3.62. The third-order valence-electron chi connectivity index (χ3n) is 8.16. The number of esters is 2. The van der Waals surface area contributed by atoms with Gasteiger partial charge in [0.2, 0.25) is 0 Å². The topological polar surface area (TPSA) is 71.1 Å². The zero-order chi connectivity index (χ0) is 34.0. The molecule has 0 saturated heterocycles. The molecule has 6 rings (SSSR count). The van der Waals surface area contributed by atoms with Gasteiger partial charge in [0.05, 0.1) is 0 Å². The molecule has 0 amide bonds. The fraction of sp³-hybridized carbons (Fsp3) is 0.143. The van der Waals surface area contributed by atoms with Gasteiger partial charge in [0.25, 0.3) is 0 Å². The normalized spacial score (nSPS) is 13.3. The second kappa shape index (κ2) is 16.0. The molecule has 0 saturated carbocycles. The van der Waals surface area contributed by atoms with Crippen LogP contribution in [0, 0.1) is 0 Å². The van der Waals surface area contributed by atoms with Crippen LogP contribution in [0.15, 0.2) is 156 Å². The van der Waals surface area contributed by atoms with Crippen molar-refractivity contribution >= 4 is 34.5 Å². The molecule has 0 fully saturated rings. The molecule has 246 valence electrons. The van der Waals surface area contributed by atoms with Crippen LogP contribution in [0.1, 0.15) is 34.5 Å². The molecule has 1 aliphatic carbocycles. The molecule has 2 unspecified atom stereocenters. The molecule has 0 heterocycles. The summed E-state index contributed by atoms with van der Waals surface area (Å²) in [5.74, 6) is 0.378. The Morgan fingerprint density at radius 1 is 0.633 bits per heavy atom. The monoisotopic (exact) mass is 668 g/mol. The van der Waals surface area contributed by atoms with Gasteiger partial charge in [-0.2, -0.15) is 0 Å². The van der Waals surface area contributed by atoms with Crippen molar-refractivity contribution in [2.75, 3.05) is 13.2 Å². The van der Waals surface area contributed by atoms with Crippen molar-refractivity contribution in [3.63, 3.8) is 0 Å². The lowest BCUT2D eigenvalue weighted by molar-refractivity contribution is -0.145.